The second-order valence-electron chi connectivity index (χ2n) is 10.6. The number of nitrogens with one attached hydrogen (secondary N) is 2. The van der Waals surface area contributed by atoms with Crippen LogP contribution in [0.4, 0.5) is 5.82 Å². The van der Waals surface area contributed by atoms with E-state index in [0.717, 1.165) is 0 Å². The van der Waals surface area contributed by atoms with E-state index in [2.05, 4.69) is 29.5 Å². The first-order chi connectivity index (χ1) is 19.4. The first kappa shape index (κ1) is 35.7. The van der Waals surface area contributed by atoms with Gasteiger partial charge in [-0.15, -0.1) is 0 Å². The molecule has 1 aliphatic rings. The molecule has 0 radical (unpaired) electrons. The van der Waals surface area contributed by atoms with Crippen molar-refractivity contribution in [1.29, 1.82) is 0 Å². The molecule has 1 amide bonds. The van der Waals surface area contributed by atoms with Gasteiger partial charge in [-0.05, 0) is 19.5 Å². The Hall–Kier alpha value is -2.30. The Bertz CT molecular complexity index is 866. The molecular formula is C30H54N4O6. The van der Waals surface area contributed by atoms with Gasteiger partial charge in [-0.2, -0.15) is 4.98 Å². The monoisotopic (exact) mass is 566 g/mol. The topological polar surface area (TPSA) is 132 Å². The maximum Gasteiger partial charge on any atom is 0.351 e. The number of carbonyl (C=O) groups is 2. The lowest BCUT2D eigenvalue weighted by atomic mass is 10.1. The molecule has 3 atom stereocenters. The summed E-state index contributed by atoms with van der Waals surface area (Å²) in [6.45, 7) is 6.39. The number of rotatable bonds is 19. The number of aliphatic hydroxyl groups excluding tert-OH is 1. The number of hydrogen-bond donors (Lipinski definition) is 3. The van der Waals surface area contributed by atoms with Gasteiger partial charge in [0, 0.05) is 18.7 Å². The third-order valence-electron chi connectivity index (χ3n) is 6.93. The highest BCUT2D eigenvalue weighted by Crippen LogP contribution is 2.32. The van der Waals surface area contributed by atoms with Crippen LogP contribution in [0, 0.1) is 5.92 Å². The number of anilines is 1. The molecule has 1 aliphatic heterocycles. The van der Waals surface area contributed by atoms with Crippen molar-refractivity contribution in [3.63, 3.8) is 0 Å². The van der Waals surface area contributed by atoms with Gasteiger partial charge >= 0.3 is 11.7 Å². The van der Waals surface area contributed by atoms with E-state index < -0.39 is 30.4 Å². The van der Waals surface area contributed by atoms with Gasteiger partial charge < -0.3 is 25.2 Å². The average Bonchev–Trinajstić information content (AvgIpc) is 3.32. The van der Waals surface area contributed by atoms with E-state index in [9.17, 15) is 19.5 Å². The Balaban J connectivity index is 0.000000486. The van der Waals surface area contributed by atoms with Crippen molar-refractivity contribution in [1.82, 2.24) is 14.9 Å². The van der Waals surface area contributed by atoms with Crippen LogP contribution in [0.5, 0.6) is 0 Å². The molecule has 0 spiro atoms. The molecule has 1 aromatic rings. The Morgan fingerprint density at radius 1 is 1.05 bits per heavy atom. The maximum atomic E-state index is 12.2. The predicted molar refractivity (Wildman–Crippen MR) is 158 cm³/mol. The summed E-state index contributed by atoms with van der Waals surface area (Å²) in [5, 5.41) is 14.4. The number of hydrogen-bond acceptors (Lipinski definition) is 8. The summed E-state index contributed by atoms with van der Waals surface area (Å²) in [6, 6.07) is 1.46. The van der Waals surface area contributed by atoms with Gasteiger partial charge in [0.25, 0.3) is 5.91 Å². The van der Waals surface area contributed by atoms with Crippen LogP contribution in [0.15, 0.2) is 17.1 Å². The Morgan fingerprint density at radius 2 is 1.62 bits per heavy atom. The van der Waals surface area contributed by atoms with Crippen molar-refractivity contribution in [2.24, 2.45) is 5.92 Å². The molecule has 0 aliphatic carbocycles. The first-order valence-corrected chi connectivity index (χ1v) is 15.3. The standard InChI is InChI=1S/C16H24N4O6.C14H30/c1-10-7-11(8-21)26-15(10)20-6-4-12(19-16(20)24)18-13(22)9-25-14(23)3-5-17-2;1-3-5-7-9-11-13-14-12-10-8-6-4-2/h4,6,10-11,15,17,21H,3,5,7-9H2,1-2H3,(H,18,19,22,24);3-14H2,1-2H3. The van der Waals surface area contributed by atoms with Crippen molar-refractivity contribution in [2.75, 3.05) is 32.1 Å². The second kappa shape index (κ2) is 22.4. The van der Waals surface area contributed by atoms with Crippen molar-refractivity contribution in [3.8, 4) is 0 Å². The van der Waals surface area contributed by atoms with E-state index in [1.54, 1.807) is 7.05 Å². The van der Waals surface area contributed by atoms with Gasteiger partial charge in [-0.3, -0.25) is 14.2 Å². The lowest BCUT2D eigenvalue weighted by Gasteiger charge is -2.18. The van der Waals surface area contributed by atoms with Gasteiger partial charge in [0.15, 0.2) is 6.61 Å². The van der Waals surface area contributed by atoms with E-state index in [1.807, 2.05) is 6.92 Å². The molecule has 1 fully saturated rings. The number of nitrogens with zero attached hydrogens (tertiary/aromatic N) is 2. The minimum Gasteiger partial charge on any atom is -0.456 e. The van der Waals surface area contributed by atoms with Crippen LogP contribution in [0.25, 0.3) is 0 Å². The largest absolute Gasteiger partial charge is 0.456 e. The smallest absolute Gasteiger partial charge is 0.351 e. The highest BCUT2D eigenvalue weighted by molar-refractivity contribution is 5.91. The Kier molecular flexibility index (Phi) is 20.0. The van der Waals surface area contributed by atoms with E-state index in [-0.39, 0.29) is 30.9 Å². The molecule has 1 aromatic heterocycles. The normalized spacial score (nSPS) is 18.2. The number of esters is 1. The van der Waals surface area contributed by atoms with Crippen LogP contribution in [-0.4, -0.2) is 59.4 Å². The number of aromatic nitrogens is 2. The van der Waals surface area contributed by atoms with Crippen LogP contribution in [0.2, 0.25) is 0 Å². The molecule has 0 bridgehead atoms. The summed E-state index contributed by atoms with van der Waals surface area (Å²) >= 11 is 0. The summed E-state index contributed by atoms with van der Waals surface area (Å²) in [7, 11) is 1.70. The zero-order chi connectivity index (χ0) is 29.6. The molecule has 0 aromatic carbocycles. The fourth-order valence-corrected chi connectivity index (χ4v) is 4.59. The third kappa shape index (κ3) is 15.5. The van der Waals surface area contributed by atoms with Crippen molar-refractivity contribution < 1.29 is 24.2 Å². The van der Waals surface area contributed by atoms with Crippen LogP contribution in [0.3, 0.4) is 0 Å². The average molecular weight is 567 g/mol. The molecule has 1 saturated heterocycles. The Morgan fingerprint density at radius 3 is 2.10 bits per heavy atom. The molecule has 3 N–H and O–H groups in total. The summed E-state index contributed by atoms with van der Waals surface area (Å²) in [5.74, 6) is -0.974. The molecule has 10 nitrogen and oxygen atoms in total. The van der Waals surface area contributed by atoms with Gasteiger partial charge in [0.05, 0.1) is 19.1 Å². The molecule has 0 saturated carbocycles. The molecule has 10 heteroatoms. The van der Waals surface area contributed by atoms with Crippen molar-refractivity contribution in [3.05, 3.63) is 22.7 Å². The summed E-state index contributed by atoms with van der Waals surface area (Å²) in [6.07, 6.45) is 18.9. The zero-order valence-electron chi connectivity index (χ0n) is 25.3. The van der Waals surface area contributed by atoms with Gasteiger partial charge in [0.1, 0.15) is 12.0 Å². The molecule has 40 heavy (non-hydrogen) atoms. The number of unbranched alkanes of at least 4 members (excludes halogenated alkanes) is 11. The van der Waals surface area contributed by atoms with Crippen LogP contribution < -0.4 is 16.3 Å². The quantitative estimate of drug-likeness (QED) is 0.158. The molecular weight excluding hydrogens is 512 g/mol. The fraction of sp³-hybridized carbons (Fsp3) is 0.800. The van der Waals surface area contributed by atoms with Gasteiger partial charge in [0.2, 0.25) is 0 Å². The SMILES string of the molecule is CCCCCCCCCCCCCC.CNCCC(=O)OCC(=O)Nc1ccn(C2OC(CO)CC2C)c(=O)n1. The fourth-order valence-electron chi connectivity index (χ4n) is 4.59. The minimum atomic E-state index is -0.585. The number of aliphatic hydroxyl groups is 1. The predicted octanol–water partition coefficient (Wildman–Crippen LogP) is 4.96. The van der Waals surface area contributed by atoms with E-state index >= 15 is 0 Å². The lowest BCUT2D eigenvalue weighted by molar-refractivity contribution is -0.147. The van der Waals surface area contributed by atoms with Gasteiger partial charge in [-0.25, -0.2) is 4.79 Å². The highest BCUT2D eigenvalue weighted by atomic mass is 16.5. The first-order valence-electron chi connectivity index (χ1n) is 15.3. The van der Waals surface area contributed by atoms with E-state index in [1.165, 1.54) is 93.9 Å². The zero-order valence-corrected chi connectivity index (χ0v) is 25.3. The maximum absolute atomic E-state index is 12.2. The summed E-state index contributed by atoms with van der Waals surface area (Å²) in [4.78, 5) is 39.1. The summed E-state index contributed by atoms with van der Waals surface area (Å²) in [5.41, 5.74) is -0.579. The van der Waals surface area contributed by atoms with Crippen LogP contribution in [0.1, 0.15) is 117 Å². The number of amides is 1. The highest BCUT2D eigenvalue weighted by Gasteiger charge is 2.33. The van der Waals surface area contributed by atoms with E-state index in [4.69, 9.17) is 9.47 Å². The van der Waals surface area contributed by atoms with Crippen LogP contribution in [-0.2, 0) is 19.1 Å². The molecule has 2 rings (SSSR count). The molecule has 230 valence electrons. The summed E-state index contributed by atoms with van der Waals surface area (Å²) < 4.78 is 11.8. The number of ether oxygens (including phenoxy) is 2. The lowest BCUT2D eigenvalue weighted by Crippen LogP contribution is -2.31. The molecule has 3 unspecified atom stereocenters. The van der Waals surface area contributed by atoms with Gasteiger partial charge in [-0.1, -0.05) is 97.8 Å². The van der Waals surface area contributed by atoms with Crippen molar-refractivity contribution in [2.45, 2.75) is 123 Å². The second-order valence-corrected chi connectivity index (χ2v) is 10.6. The minimum absolute atomic E-state index is 0.0455. The molecule has 2 heterocycles. The third-order valence-corrected chi connectivity index (χ3v) is 6.93. The van der Waals surface area contributed by atoms with Crippen LogP contribution >= 0.6 is 0 Å². The number of carbonyl (C=O) groups excluding carboxylic acids is 2. The van der Waals surface area contributed by atoms with Crippen molar-refractivity contribution >= 4 is 17.7 Å². The van der Waals surface area contributed by atoms with E-state index in [0.29, 0.717) is 13.0 Å². The Labute approximate surface area is 240 Å².